The number of allylic oxidation sites excluding steroid dienone is 6. The molecular formula is C45H81O13P. The van der Waals surface area contributed by atoms with Gasteiger partial charge < -0.3 is 39.9 Å². The Bertz CT molecular complexity index is 1180. The number of aliphatic hydroxyl groups excluding tert-OH is 5. The van der Waals surface area contributed by atoms with E-state index in [-0.39, 0.29) is 12.8 Å². The zero-order valence-corrected chi connectivity index (χ0v) is 37.2. The van der Waals surface area contributed by atoms with Crippen LogP contribution in [0.25, 0.3) is 0 Å². The minimum absolute atomic E-state index is 0.0791. The summed E-state index contributed by atoms with van der Waals surface area (Å²) in [4.78, 5) is 35.7. The number of carbonyl (C=O) groups excluding carboxylic acids is 2. The van der Waals surface area contributed by atoms with Gasteiger partial charge in [0.05, 0.1) is 6.61 Å². The van der Waals surface area contributed by atoms with E-state index in [1.165, 1.54) is 57.8 Å². The van der Waals surface area contributed by atoms with Gasteiger partial charge in [-0.1, -0.05) is 134 Å². The van der Waals surface area contributed by atoms with Gasteiger partial charge in [0.1, 0.15) is 43.2 Å². The SMILES string of the molecule is CCCCCC=CCC=CCCCCCCCC(=O)O[C@H](COC(=O)CCCCCCCC=CCCCCCCCC)COP(=O)(O)OC1C(O)C(O)C(O)[C@@H](O)C1O. The number of esters is 2. The molecule has 59 heavy (non-hydrogen) atoms. The van der Waals surface area contributed by atoms with E-state index in [0.29, 0.717) is 12.8 Å². The number of ether oxygens (including phenoxy) is 2. The molecule has 0 aromatic carbocycles. The molecule has 0 aromatic rings. The van der Waals surface area contributed by atoms with Crippen molar-refractivity contribution in [3.63, 3.8) is 0 Å². The first kappa shape index (κ1) is 55.1. The molecule has 0 spiro atoms. The number of carbonyl (C=O) groups is 2. The maximum Gasteiger partial charge on any atom is 0.472 e. The minimum Gasteiger partial charge on any atom is -0.462 e. The van der Waals surface area contributed by atoms with Crippen LogP contribution in [0, 0.1) is 0 Å². The predicted molar refractivity (Wildman–Crippen MR) is 230 cm³/mol. The third-order valence-electron chi connectivity index (χ3n) is 10.5. The number of phosphoric ester groups is 1. The van der Waals surface area contributed by atoms with Crippen LogP contribution in [0.4, 0.5) is 0 Å². The van der Waals surface area contributed by atoms with Crippen LogP contribution >= 0.6 is 7.82 Å². The van der Waals surface area contributed by atoms with Crippen LogP contribution in [0.5, 0.6) is 0 Å². The standard InChI is InChI=1S/C45H81O13P/c1-3-5-7-9-11-13-15-17-19-21-23-25-27-29-31-33-38(46)55-35-37(36-56-59(53,54)58-45-43(51)41(49)40(48)42(50)44(45)52)57-39(47)34-32-30-28-26-24-22-20-18-16-14-12-10-8-6-4-2/h12,14,17-20,37,40-45,48-52H,3-11,13,15-16,21-36H2,1-2H3,(H,53,54)/t37-,40?,41-,42?,43?,44?,45?/m1/s1. The summed E-state index contributed by atoms with van der Waals surface area (Å²) >= 11 is 0. The van der Waals surface area contributed by atoms with Gasteiger partial charge in [0, 0.05) is 12.8 Å². The van der Waals surface area contributed by atoms with Crippen LogP contribution in [0.3, 0.4) is 0 Å². The molecule has 0 saturated heterocycles. The molecule has 0 amide bonds. The van der Waals surface area contributed by atoms with Crippen LogP contribution in [0.1, 0.15) is 181 Å². The number of unbranched alkanes of at least 4 members (excludes halogenated alkanes) is 19. The van der Waals surface area contributed by atoms with E-state index in [1.807, 2.05) is 0 Å². The van der Waals surface area contributed by atoms with Crippen molar-refractivity contribution < 1.29 is 63.1 Å². The minimum atomic E-state index is -5.12. The molecule has 0 aromatic heterocycles. The summed E-state index contributed by atoms with van der Waals surface area (Å²) in [6.07, 6.45) is 26.2. The van der Waals surface area contributed by atoms with Crippen molar-refractivity contribution in [3.8, 4) is 0 Å². The quantitative estimate of drug-likeness (QED) is 0.0150. The van der Waals surface area contributed by atoms with E-state index < -0.39 is 75.7 Å². The van der Waals surface area contributed by atoms with Gasteiger partial charge in [-0.05, 0) is 70.6 Å². The Morgan fingerprint density at radius 2 is 0.915 bits per heavy atom. The molecule has 0 heterocycles. The lowest BCUT2D eigenvalue weighted by atomic mass is 9.85. The van der Waals surface area contributed by atoms with Gasteiger partial charge in [-0.15, -0.1) is 0 Å². The van der Waals surface area contributed by atoms with Gasteiger partial charge in [-0.25, -0.2) is 4.57 Å². The molecule has 0 bridgehead atoms. The molecule has 6 N–H and O–H groups in total. The third kappa shape index (κ3) is 28.3. The summed E-state index contributed by atoms with van der Waals surface area (Å²) in [6.45, 7) is 3.24. The van der Waals surface area contributed by atoms with Crippen molar-refractivity contribution in [2.24, 2.45) is 0 Å². The van der Waals surface area contributed by atoms with E-state index in [1.54, 1.807) is 0 Å². The lowest BCUT2D eigenvalue weighted by Gasteiger charge is -2.41. The summed E-state index contributed by atoms with van der Waals surface area (Å²) in [5, 5.41) is 50.1. The average molecular weight is 861 g/mol. The fourth-order valence-corrected chi connectivity index (χ4v) is 7.70. The first-order valence-corrected chi connectivity index (χ1v) is 24.3. The summed E-state index contributed by atoms with van der Waals surface area (Å²) in [7, 11) is -5.12. The van der Waals surface area contributed by atoms with Gasteiger partial charge in [0.15, 0.2) is 6.10 Å². The van der Waals surface area contributed by atoms with Crippen molar-refractivity contribution in [1.82, 2.24) is 0 Å². The summed E-state index contributed by atoms with van der Waals surface area (Å²) in [5.41, 5.74) is 0. The van der Waals surface area contributed by atoms with Crippen molar-refractivity contribution in [2.45, 2.75) is 224 Å². The van der Waals surface area contributed by atoms with E-state index in [2.05, 4.69) is 50.3 Å². The van der Waals surface area contributed by atoms with E-state index >= 15 is 0 Å². The maximum atomic E-state index is 12.8. The first-order valence-electron chi connectivity index (χ1n) is 22.8. The molecule has 344 valence electrons. The second kappa shape index (κ2) is 35.6. The van der Waals surface area contributed by atoms with Crippen LogP contribution < -0.4 is 0 Å². The molecule has 13 nitrogen and oxygen atoms in total. The second-order valence-electron chi connectivity index (χ2n) is 15.9. The van der Waals surface area contributed by atoms with E-state index in [4.69, 9.17) is 18.5 Å². The van der Waals surface area contributed by atoms with Crippen molar-refractivity contribution in [2.75, 3.05) is 13.2 Å². The van der Waals surface area contributed by atoms with Gasteiger partial charge >= 0.3 is 19.8 Å². The number of aliphatic hydroxyl groups is 5. The lowest BCUT2D eigenvalue weighted by Crippen LogP contribution is -2.64. The Kier molecular flexibility index (Phi) is 33.3. The van der Waals surface area contributed by atoms with Crippen LogP contribution in [0.2, 0.25) is 0 Å². The Hall–Kier alpha value is -1.93. The van der Waals surface area contributed by atoms with Crippen molar-refractivity contribution in [1.29, 1.82) is 0 Å². The molecule has 1 fully saturated rings. The monoisotopic (exact) mass is 861 g/mol. The highest BCUT2D eigenvalue weighted by Crippen LogP contribution is 2.47. The number of rotatable bonds is 37. The molecule has 1 rings (SSSR count). The predicted octanol–water partition coefficient (Wildman–Crippen LogP) is 8.61. The van der Waals surface area contributed by atoms with Crippen molar-refractivity contribution in [3.05, 3.63) is 36.5 Å². The Morgan fingerprint density at radius 3 is 1.42 bits per heavy atom. The van der Waals surface area contributed by atoms with E-state index in [0.717, 1.165) is 83.5 Å². The fraction of sp³-hybridized carbons (Fsp3) is 0.822. The Balaban J connectivity index is 2.49. The van der Waals surface area contributed by atoms with Crippen LogP contribution in [0.15, 0.2) is 36.5 Å². The first-order chi connectivity index (χ1) is 28.4. The summed E-state index contributed by atoms with van der Waals surface area (Å²) in [6, 6.07) is 0. The molecule has 1 aliphatic rings. The highest BCUT2D eigenvalue weighted by molar-refractivity contribution is 7.47. The van der Waals surface area contributed by atoms with Gasteiger partial charge in [0.2, 0.25) is 0 Å². The summed E-state index contributed by atoms with van der Waals surface area (Å²) < 4.78 is 33.5. The lowest BCUT2D eigenvalue weighted by molar-refractivity contribution is -0.220. The Labute approximate surface area is 355 Å². The molecular weight excluding hydrogens is 779 g/mol. The zero-order chi connectivity index (χ0) is 43.6. The highest BCUT2D eigenvalue weighted by atomic mass is 31.2. The van der Waals surface area contributed by atoms with Gasteiger partial charge in [0.25, 0.3) is 0 Å². The fourth-order valence-electron chi connectivity index (χ4n) is 6.72. The number of hydrogen-bond donors (Lipinski definition) is 6. The smallest absolute Gasteiger partial charge is 0.462 e. The number of phosphoric acid groups is 1. The Morgan fingerprint density at radius 1 is 0.525 bits per heavy atom. The topological polar surface area (TPSA) is 210 Å². The molecule has 1 aliphatic carbocycles. The molecule has 1 saturated carbocycles. The molecule has 8 atom stereocenters. The number of hydrogen-bond acceptors (Lipinski definition) is 12. The average Bonchev–Trinajstić information content (AvgIpc) is 3.21. The maximum absolute atomic E-state index is 12.8. The summed E-state index contributed by atoms with van der Waals surface area (Å²) in [5.74, 6) is -1.12. The third-order valence-corrected chi connectivity index (χ3v) is 11.4. The largest absolute Gasteiger partial charge is 0.472 e. The highest BCUT2D eigenvalue weighted by Gasteiger charge is 2.51. The molecule has 14 heteroatoms. The van der Waals surface area contributed by atoms with Gasteiger partial charge in [-0.2, -0.15) is 0 Å². The molecule has 0 radical (unpaired) electrons. The second-order valence-corrected chi connectivity index (χ2v) is 17.3. The van der Waals surface area contributed by atoms with Crippen LogP contribution in [-0.4, -0.2) is 98.3 Å². The van der Waals surface area contributed by atoms with E-state index in [9.17, 15) is 44.6 Å². The van der Waals surface area contributed by atoms with Crippen molar-refractivity contribution >= 4 is 19.8 Å². The normalized spacial score (nSPS) is 22.6. The molecule has 6 unspecified atom stereocenters. The van der Waals surface area contributed by atoms with Crippen LogP contribution in [-0.2, 0) is 32.7 Å². The molecule has 0 aliphatic heterocycles. The van der Waals surface area contributed by atoms with Gasteiger partial charge in [-0.3, -0.25) is 18.6 Å². The zero-order valence-electron chi connectivity index (χ0n) is 36.3.